The van der Waals surface area contributed by atoms with Gasteiger partial charge in [0.2, 0.25) is 0 Å². The van der Waals surface area contributed by atoms with Crippen molar-refractivity contribution in [2.75, 3.05) is 7.11 Å². The van der Waals surface area contributed by atoms with Gasteiger partial charge >= 0.3 is 0 Å². The SMILES string of the molecule is COc1ccc(N=C2CCCCC2)cc1Cl. The van der Waals surface area contributed by atoms with E-state index in [1.165, 1.54) is 25.0 Å². The second-order valence-corrected chi connectivity index (χ2v) is 4.46. The quantitative estimate of drug-likeness (QED) is 0.748. The van der Waals surface area contributed by atoms with Crippen molar-refractivity contribution in [1.29, 1.82) is 0 Å². The van der Waals surface area contributed by atoms with Crippen LogP contribution in [0.4, 0.5) is 5.69 Å². The van der Waals surface area contributed by atoms with Crippen LogP contribution in [0.15, 0.2) is 23.2 Å². The van der Waals surface area contributed by atoms with E-state index in [1.807, 2.05) is 18.2 Å². The topological polar surface area (TPSA) is 21.6 Å². The summed E-state index contributed by atoms with van der Waals surface area (Å²) in [5.74, 6) is 0.703. The van der Waals surface area contributed by atoms with E-state index in [-0.39, 0.29) is 0 Å². The molecular weight excluding hydrogens is 222 g/mol. The van der Waals surface area contributed by atoms with E-state index in [9.17, 15) is 0 Å². The van der Waals surface area contributed by atoms with Gasteiger partial charge in [0.25, 0.3) is 0 Å². The Morgan fingerprint density at radius 3 is 2.56 bits per heavy atom. The van der Waals surface area contributed by atoms with Crippen molar-refractivity contribution in [3.63, 3.8) is 0 Å². The number of nitrogens with zero attached hydrogens (tertiary/aromatic N) is 1. The summed E-state index contributed by atoms with van der Waals surface area (Å²) in [5.41, 5.74) is 2.23. The third-order valence-corrected chi connectivity index (χ3v) is 3.15. The first-order valence-electron chi connectivity index (χ1n) is 5.69. The number of aliphatic imine (C=N–C) groups is 1. The first kappa shape index (κ1) is 11.5. The lowest BCUT2D eigenvalue weighted by molar-refractivity contribution is 0.415. The van der Waals surface area contributed by atoms with Gasteiger partial charge in [-0.3, -0.25) is 4.99 Å². The maximum absolute atomic E-state index is 6.05. The van der Waals surface area contributed by atoms with Gasteiger partial charge in [-0.25, -0.2) is 0 Å². The fourth-order valence-electron chi connectivity index (χ4n) is 1.98. The van der Waals surface area contributed by atoms with E-state index in [2.05, 4.69) is 4.99 Å². The van der Waals surface area contributed by atoms with Crippen LogP contribution in [0.25, 0.3) is 0 Å². The Morgan fingerprint density at radius 2 is 1.94 bits per heavy atom. The van der Waals surface area contributed by atoms with Crippen LogP contribution in [0, 0.1) is 0 Å². The van der Waals surface area contributed by atoms with Gasteiger partial charge in [-0.05, 0) is 43.9 Å². The Balaban J connectivity index is 2.17. The molecule has 1 aromatic rings. The fourth-order valence-corrected chi connectivity index (χ4v) is 2.23. The molecule has 0 N–H and O–H groups in total. The van der Waals surface area contributed by atoms with Gasteiger partial charge in [-0.1, -0.05) is 18.0 Å². The summed E-state index contributed by atoms with van der Waals surface area (Å²) in [6.07, 6.45) is 6.13. The second-order valence-electron chi connectivity index (χ2n) is 4.06. The molecule has 3 heteroatoms. The third-order valence-electron chi connectivity index (χ3n) is 2.85. The van der Waals surface area contributed by atoms with E-state index >= 15 is 0 Å². The molecule has 86 valence electrons. The van der Waals surface area contributed by atoms with Gasteiger partial charge in [0.05, 0.1) is 17.8 Å². The first-order chi connectivity index (χ1) is 7.79. The van der Waals surface area contributed by atoms with Crippen molar-refractivity contribution in [2.24, 2.45) is 4.99 Å². The van der Waals surface area contributed by atoms with Gasteiger partial charge in [-0.2, -0.15) is 0 Å². The highest BCUT2D eigenvalue weighted by Crippen LogP contribution is 2.29. The van der Waals surface area contributed by atoms with E-state index < -0.39 is 0 Å². The molecule has 16 heavy (non-hydrogen) atoms. The second kappa shape index (κ2) is 5.35. The molecule has 1 aromatic carbocycles. The van der Waals surface area contributed by atoms with Crippen molar-refractivity contribution in [1.82, 2.24) is 0 Å². The van der Waals surface area contributed by atoms with Crippen molar-refractivity contribution in [3.8, 4) is 5.75 Å². The largest absolute Gasteiger partial charge is 0.495 e. The minimum Gasteiger partial charge on any atom is -0.495 e. The van der Waals surface area contributed by atoms with Crippen LogP contribution in [-0.4, -0.2) is 12.8 Å². The number of methoxy groups -OCH3 is 1. The van der Waals surface area contributed by atoms with E-state index in [4.69, 9.17) is 16.3 Å². The van der Waals surface area contributed by atoms with Gasteiger partial charge in [0.15, 0.2) is 0 Å². The molecule has 0 aliphatic heterocycles. The lowest BCUT2D eigenvalue weighted by atomic mass is 9.98. The summed E-state index contributed by atoms with van der Waals surface area (Å²) < 4.78 is 5.11. The molecule has 1 aliphatic carbocycles. The van der Waals surface area contributed by atoms with Gasteiger partial charge < -0.3 is 4.74 Å². The Bertz CT molecular complexity index is 393. The molecule has 0 spiro atoms. The fraction of sp³-hybridized carbons (Fsp3) is 0.462. The van der Waals surface area contributed by atoms with Crippen LogP contribution >= 0.6 is 11.6 Å². The molecule has 0 unspecified atom stereocenters. The highest BCUT2D eigenvalue weighted by molar-refractivity contribution is 6.32. The molecule has 0 amide bonds. The number of hydrogen-bond donors (Lipinski definition) is 0. The molecule has 0 heterocycles. The summed E-state index contributed by atoms with van der Waals surface area (Å²) in [4.78, 5) is 4.63. The standard InChI is InChI=1S/C13H16ClNO/c1-16-13-8-7-11(9-12(13)14)15-10-5-3-2-4-6-10/h7-9H,2-6H2,1H3. The molecule has 0 atom stereocenters. The van der Waals surface area contributed by atoms with Crippen LogP contribution in [0.2, 0.25) is 5.02 Å². The minimum atomic E-state index is 0.625. The molecule has 0 bridgehead atoms. The van der Waals surface area contributed by atoms with Gasteiger partial charge in [0.1, 0.15) is 5.75 Å². The van der Waals surface area contributed by atoms with Crippen LogP contribution < -0.4 is 4.74 Å². The maximum atomic E-state index is 6.05. The highest BCUT2D eigenvalue weighted by Gasteiger charge is 2.07. The van der Waals surface area contributed by atoms with Crippen molar-refractivity contribution in [3.05, 3.63) is 23.2 Å². The number of ether oxygens (including phenoxy) is 1. The normalized spacial score (nSPS) is 16.0. The molecule has 0 aromatic heterocycles. The average Bonchev–Trinajstić information content (AvgIpc) is 2.31. The maximum Gasteiger partial charge on any atom is 0.137 e. The number of hydrogen-bond acceptors (Lipinski definition) is 2. The Hall–Kier alpha value is -1.02. The van der Waals surface area contributed by atoms with E-state index in [0.29, 0.717) is 10.8 Å². The molecule has 1 aliphatic rings. The van der Waals surface area contributed by atoms with Crippen LogP contribution in [0.1, 0.15) is 32.1 Å². The zero-order valence-electron chi connectivity index (χ0n) is 9.50. The molecule has 1 fully saturated rings. The molecule has 1 saturated carbocycles. The summed E-state index contributed by atoms with van der Waals surface area (Å²) in [6.45, 7) is 0. The molecule has 2 nitrogen and oxygen atoms in total. The Kier molecular flexibility index (Phi) is 3.83. The molecule has 2 rings (SSSR count). The highest BCUT2D eigenvalue weighted by atomic mass is 35.5. The van der Waals surface area contributed by atoms with E-state index in [0.717, 1.165) is 18.5 Å². The summed E-state index contributed by atoms with van der Waals surface area (Å²) >= 11 is 6.05. The zero-order valence-corrected chi connectivity index (χ0v) is 10.3. The molecule has 0 saturated heterocycles. The third kappa shape index (κ3) is 2.76. The van der Waals surface area contributed by atoms with Crippen LogP contribution in [0.3, 0.4) is 0 Å². The predicted octanol–water partition coefficient (Wildman–Crippen LogP) is 4.39. The number of halogens is 1. The Labute approximate surface area is 101 Å². The zero-order chi connectivity index (χ0) is 11.4. The van der Waals surface area contributed by atoms with Crippen molar-refractivity contribution < 1.29 is 4.74 Å². The van der Waals surface area contributed by atoms with Crippen molar-refractivity contribution >= 4 is 23.0 Å². The summed E-state index contributed by atoms with van der Waals surface area (Å²) in [6, 6.07) is 5.68. The number of benzene rings is 1. The van der Waals surface area contributed by atoms with Crippen LogP contribution in [-0.2, 0) is 0 Å². The minimum absolute atomic E-state index is 0.625. The summed E-state index contributed by atoms with van der Waals surface area (Å²) in [5, 5.41) is 0.625. The lowest BCUT2D eigenvalue weighted by Gasteiger charge is -2.12. The monoisotopic (exact) mass is 237 g/mol. The summed E-state index contributed by atoms with van der Waals surface area (Å²) in [7, 11) is 1.62. The van der Waals surface area contributed by atoms with Gasteiger partial charge in [-0.15, -0.1) is 0 Å². The average molecular weight is 238 g/mol. The van der Waals surface area contributed by atoms with E-state index in [1.54, 1.807) is 7.11 Å². The number of rotatable bonds is 2. The van der Waals surface area contributed by atoms with Gasteiger partial charge in [0, 0.05) is 5.71 Å². The first-order valence-corrected chi connectivity index (χ1v) is 6.07. The smallest absolute Gasteiger partial charge is 0.137 e. The predicted molar refractivity (Wildman–Crippen MR) is 68.2 cm³/mol. The van der Waals surface area contributed by atoms with Crippen molar-refractivity contribution in [2.45, 2.75) is 32.1 Å². The van der Waals surface area contributed by atoms with Crippen LogP contribution in [0.5, 0.6) is 5.75 Å². The molecular formula is C13H16ClNO. The molecule has 0 radical (unpaired) electrons. The Morgan fingerprint density at radius 1 is 1.19 bits per heavy atom. The lowest BCUT2D eigenvalue weighted by Crippen LogP contribution is -2.03.